The van der Waals surface area contributed by atoms with Gasteiger partial charge in [0.25, 0.3) is 0 Å². The Hall–Kier alpha value is 0.0569. The number of hydrogen-bond donors (Lipinski definition) is 1. The molecule has 0 unspecified atom stereocenters. The van der Waals surface area contributed by atoms with Gasteiger partial charge < -0.3 is 19.0 Å². The minimum atomic E-state index is -2.35. The van der Waals surface area contributed by atoms with Crippen LogP contribution in [0.4, 0.5) is 0 Å². The van der Waals surface area contributed by atoms with Crippen molar-refractivity contribution in [1.29, 1.82) is 0 Å². The fourth-order valence-corrected chi connectivity index (χ4v) is 2.68. The number of hydrogen-bond acceptors (Lipinski definition) is 4. The predicted octanol–water partition coefficient (Wildman–Crippen LogP) is 0.603. The van der Waals surface area contributed by atoms with E-state index in [1.807, 2.05) is 20.4 Å². The van der Waals surface area contributed by atoms with Crippen LogP contribution in [0.15, 0.2) is 0 Å². The van der Waals surface area contributed by atoms with Crippen LogP contribution in [0.5, 0.6) is 0 Å². The highest BCUT2D eigenvalue weighted by molar-refractivity contribution is 6.59. The van der Waals surface area contributed by atoms with Crippen molar-refractivity contribution in [2.75, 3.05) is 26.4 Å². The Labute approximate surface area is 75.4 Å². The molecule has 0 fully saturated rings. The molecule has 0 amide bonds. The maximum atomic E-state index is 5.43. The molecule has 0 aliphatic rings. The summed E-state index contributed by atoms with van der Waals surface area (Å²) in [5, 5.41) is 0. The van der Waals surface area contributed by atoms with Gasteiger partial charge in [-0.3, -0.25) is 0 Å². The van der Waals surface area contributed by atoms with Crippen molar-refractivity contribution < 1.29 is 13.3 Å². The highest BCUT2D eigenvalue weighted by Crippen LogP contribution is 2.08. The van der Waals surface area contributed by atoms with E-state index in [0.717, 1.165) is 0 Å². The Morgan fingerprint density at radius 1 is 1.08 bits per heavy atom. The molecule has 0 aromatic heterocycles. The lowest BCUT2D eigenvalue weighted by atomic mass is 10.8. The summed E-state index contributed by atoms with van der Waals surface area (Å²) in [4.78, 5) is 0. The third-order valence-corrected chi connectivity index (χ3v) is 3.65. The zero-order valence-corrected chi connectivity index (χ0v) is 9.13. The largest absolute Gasteiger partial charge is 0.497 e. The molecule has 0 atom stereocenters. The molecular weight excluding hydrogens is 174 g/mol. The Morgan fingerprint density at radius 2 is 1.58 bits per heavy atom. The topological polar surface area (TPSA) is 53.7 Å². The molecule has 0 aliphatic heterocycles. The normalized spacial score (nSPS) is 12.0. The van der Waals surface area contributed by atoms with E-state index in [1.54, 1.807) is 0 Å². The van der Waals surface area contributed by atoms with Gasteiger partial charge in [-0.25, -0.2) is 0 Å². The maximum Gasteiger partial charge on any atom is 0.497 e. The van der Waals surface area contributed by atoms with Gasteiger partial charge in [0.15, 0.2) is 0 Å². The minimum absolute atomic E-state index is 0.503. The highest BCUT2D eigenvalue weighted by atomic mass is 28.4. The van der Waals surface area contributed by atoms with Crippen molar-refractivity contribution in [1.82, 2.24) is 0 Å². The fraction of sp³-hybridized carbons (Fsp3) is 1.00. The zero-order chi connectivity index (χ0) is 9.45. The summed E-state index contributed by atoms with van der Waals surface area (Å²) in [6, 6.07) is 0. The van der Waals surface area contributed by atoms with Gasteiger partial charge in [0.05, 0.1) is 6.61 Å². The molecule has 0 heterocycles. The van der Waals surface area contributed by atoms with Crippen molar-refractivity contribution in [2.45, 2.75) is 20.4 Å². The van der Waals surface area contributed by atoms with Crippen molar-refractivity contribution in [3.05, 3.63) is 0 Å². The van der Waals surface area contributed by atoms with E-state index < -0.39 is 8.80 Å². The predicted molar refractivity (Wildman–Crippen MR) is 49.9 cm³/mol. The SMILES string of the molecule is CCO[Si](C)(OCC)OCCN. The summed E-state index contributed by atoms with van der Waals surface area (Å²) < 4.78 is 16.3. The first-order valence-corrected chi connectivity index (χ1v) is 6.53. The zero-order valence-electron chi connectivity index (χ0n) is 8.13. The molecule has 12 heavy (non-hydrogen) atoms. The Morgan fingerprint density at radius 3 is 1.92 bits per heavy atom. The summed E-state index contributed by atoms with van der Waals surface area (Å²) in [5.74, 6) is 0. The van der Waals surface area contributed by atoms with Gasteiger partial charge in [-0.2, -0.15) is 0 Å². The molecule has 0 saturated carbocycles. The molecule has 0 saturated heterocycles. The minimum Gasteiger partial charge on any atom is -0.374 e. The molecule has 0 aromatic rings. The Bertz CT molecular complexity index is 107. The lowest BCUT2D eigenvalue weighted by Gasteiger charge is -2.24. The summed E-state index contributed by atoms with van der Waals surface area (Å²) in [7, 11) is -2.35. The first-order valence-electron chi connectivity index (χ1n) is 4.30. The van der Waals surface area contributed by atoms with Gasteiger partial charge in [-0.15, -0.1) is 0 Å². The molecule has 0 aliphatic carbocycles. The van der Waals surface area contributed by atoms with Crippen LogP contribution in [0.25, 0.3) is 0 Å². The summed E-state index contributed by atoms with van der Waals surface area (Å²) >= 11 is 0. The maximum absolute atomic E-state index is 5.43. The third-order valence-electron chi connectivity index (χ3n) is 1.30. The van der Waals surface area contributed by atoms with E-state index in [9.17, 15) is 0 Å². The summed E-state index contributed by atoms with van der Waals surface area (Å²) in [5.41, 5.74) is 5.31. The van der Waals surface area contributed by atoms with E-state index >= 15 is 0 Å². The molecule has 0 rings (SSSR count). The van der Waals surface area contributed by atoms with Crippen LogP contribution in [0.2, 0.25) is 6.55 Å². The van der Waals surface area contributed by atoms with Crippen LogP contribution in [0.1, 0.15) is 13.8 Å². The van der Waals surface area contributed by atoms with E-state index in [1.165, 1.54) is 0 Å². The molecule has 0 bridgehead atoms. The lowest BCUT2D eigenvalue weighted by molar-refractivity contribution is 0.0763. The van der Waals surface area contributed by atoms with Crippen LogP contribution >= 0.6 is 0 Å². The molecular formula is C7H19NO3Si. The quantitative estimate of drug-likeness (QED) is 0.602. The summed E-state index contributed by atoms with van der Waals surface area (Å²) in [6.07, 6.45) is 0. The third kappa shape index (κ3) is 4.84. The fourth-order valence-electron chi connectivity index (χ4n) is 0.894. The van der Waals surface area contributed by atoms with E-state index in [4.69, 9.17) is 19.0 Å². The first-order chi connectivity index (χ1) is 5.68. The van der Waals surface area contributed by atoms with Crippen LogP contribution in [0, 0.1) is 0 Å². The second-order valence-electron chi connectivity index (χ2n) is 2.37. The van der Waals surface area contributed by atoms with Crippen LogP contribution in [-0.4, -0.2) is 35.2 Å². The van der Waals surface area contributed by atoms with Gasteiger partial charge in [0.2, 0.25) is 0 Å². The first kappa shape index (κ1) is 12.1. The molecule has 0 radical (unpaired) electrons. The lowest BCUT2D eigenvalue weighted by Crippen LogP contribution is -2.43. The molecule has 4 nitrogen and oxygen atoms in total. The molecule has 2 N–H and O–H groups in total. The van der Waals surface area contributed by atoms with Crippen molar-refractivity contribution in [3.63, 3.8) is 0 Å². The smallest absolute Gasteiger partial charge is 0.374 e. The monoisotopic (exact) mass is 193 g/mol. The van der Waals surface area contributed by atoms with Crippen LogP contribution < -0.4 is 5.73 Å². The molecule has 0 spiro atoms. The Balaban J connectivity index is 3.80. The Kier molecular flexibility index (Phi) is 6.59. The van der Waals surface area contributed by atoms with Gasteiger partial charge in [-0.1, -0.05) is 0 Å². The van der Waals surface area contributed by atoms with Gasteiger partial charge in [-0.05, 0) is 13.8 Å². The molecule has 0 aromatic carbocycles. The highest BCUT2D eigenvalue weighted by Gasteiger charge is 2.33. The van der Waals surface area contributed by atoms with Crippen molar-refractivity contribution in [2.24, 2.45) is 5.73 Å². The standard InChI is InChI=1S/C7H19NO3Si/c1-4-9-12(3,10-5-2)11-7-6-8/h4-8H2,1-3H3. The number of nitrogens with two attached hydrogens (primary N) is 1. The van der Waals surface area contributed by atoms with E-state index in [-0.39, 0.29) is 0 Å². The average molecular weight is 193 g/mol. The molecule has 5 heteroatoms. The average Bonchev–Trinajstić information content (AvgIpc) is 2.02. The van der Waals surface area contributed by atoms with Crippen molar-refractivity contribution in [3.8, 4) is 0 Å². The van der Waals surface area contributed by atoms with E-state index in [0.29, 0.717) is 26.4 Å². The van der Waals surface area contributed by atoms with Crippen LogP contribution in [-0.2, 0) is 13.3 Å². The van der Waals surface area contributed by atoms with Crippen LogP contribution in [0.3, 0.4) is 0 Å². The number of rotatable bonds is 7. The summed E-state index contributed by atoms with van der Waals surface area (Å²) in [6.45, 7) is 7.98. The van der Waals surface area contributed by atoms with Gasteiger partial charge in [0.1, 0.15) is 0 Å². The second kappa shape index (κ2) is 6.56. The van der Waals surface area contributed by atoms with E-state index in [2.05, 4.69) is 0 Å². The second-order valence-corrected chi connectivity index (χ2v) is 4.96. The van der Waals surface area contributed by atoms with Gasteiger partial charge in [0, 0.05) is 26.3 Å². The molecule has 74 valence electrons. The van der Waals surface area contributed by atoms with Crippen molar-refractivity contribution >= 4 is 8.80 Å². The van der Waals surface area contributed by atoms with Gasteiger partial charge >= 0.3 is 8.80 Å².